The summed E-state index contributed by atoms with van der Waals surface area (Å²) in [5.74, 6) is 0. The number of fused-ring (bicyclic) bond motifs is 1. The van der Waals surface area contributed by atoms with Gasteiger partial charge in [-0.25, -0.2) is 0 Å². The topological polar surface area (TPSA) is 0 Å². The van der Waals surface area contributed by atoms with E-state index in [1.165, 1.54) is 21.2 Å². The first-order valence-electron chi connectivity index (χ1n) is 3.84. The summed E-state index contributed by atoms with van der Waals surface area (Å²) in [5.41, 5.74) is 2.69. The van der Waals surface area contributed by atoms with E-state index in [0.29, 0.717) is 0 Å². The first-order valence-corrected chi connectivity index (χ1v) is 5.03. The summed E-state index contributed by atoms with van der Waals surface area (Å²) in [4.78, 5) is 0. The summed E-state index contributed by atoms with van der Waals surface area (Å²) in [6, 6.07) is 6.29. The summed E-state index contributed by atoms with van der Waals surface area (Å²) in [7, 11) is 0. The van der Waals surface area contributed by atoms with Crippen molar-refractivity contribution in [2.45, 2.75) is 13.8 Å². The Kier molecular flexibility index (Phi) is 1.85. The van der Waals surface area contributed by atoms with Gasteiger partial charge in [-0.3, -0.25) is 0 Å². The first-order chi connectivity index (χ1) is 5.68. The third kappa shape index (κ3) is 1.13. The van der Waals surface area contributed by atoms with Crippen molar-refractivity contribution in [3.05, 3.63) is 33.7 Å². The first kappa shape index (κ1) is 8.09. The van der Waals surface area contributed by atoms with Crippen molar-refractivity contribution < 1.29 is 0 Å². The molecule has 0 spiro atoms. The Balaban J connectivity index is 2.89. The molecule has 0 fully saturated rings. The molecule has 0 aliphatic rings. The second kappa shape index (κ2) is 2.75. The summed E-state index contributed by atoms with van der Waals surface area (Å²) >= 11 is 7.58. The molecule has 0 unspecified atom stereocenters. The van der Waals surface area contributed by atoms with Crippen LogP contribution in [0.4, 0.5) is 0 Å². The van der Waals surface area contributed by atoms with E-state index >= 15 is 0 Å². The molecule has 0 atom stereocenters. The van der Waals surface area contributed by atoms with Gasteiger partial charge in [0.05, 0.1) is 4.34 Å². The molecule has 62 valence electrons. The Labute approximate surface area is 80.8 Å². The highest BCUT2D eigenvalue weighted by molar-refractivity contribution is 7.22. The zero-order valence-electron chi connectivity index (χ0n) is 7.02. The number of halogens is 1. The maximum absolute atomic E-state index is 5.93. The predicted octanol–water partition coefficient (Wildman–Crippen LogP) is 4.17. The molecule has 0 bridgehead atoms. The minimum absolute atomic E-state index is 0.874. The van der Waals surface area contributed by atoms with Crippen LogP contribution in [0, 0.1) is 13.8 Å². The highest BCUT2D eigenvalue weighted by Crippen LogP contribution is 2.32. The molecule has 12 heavy (non-hydrogen) atoms. The Hall–Kier alpha value is -0.530. The number of hydrogen-bond acceptors (Lipinski definition) is 1. The smallest absolute Gasteiger partial charge is 0.0940 e. The summed E-state index contributed by atoms with van der Waals surface area (Å²) in [5, 5.41) is 1.26. The van der Waals surface area contributed by atoms with E-state index in [4.69, 9.17) is 11.6 Å². The molecule has 1 aromatic carbocycles. The minimum Gasteiger partial charge on any atom is -0.123 e. The Morgan fingerprint density at radius 2 is 2.00 bits per heavy atom. The fourth-order valence-electron chi connectivity index (χ4n) is 1.31. The van der Waals surface area contributed by atoms with Crippen molar-refractivity contribution in [3.8, 4) is 0 Å². The van der Waals surface area contributed by atoms with Gasteiger partial charge in [0.25, 0.3) is 0 Å². The minimum atomic E-state index is 0.874. The van der Waals surface area contributed by atoms with Gasteiger partial charge in [0.15, 0.2) is 0 Å². The molecule has 0 saturated carbocycles. The molecule has 0 saturated heterocycles. The van der Waals surface area contributed by atoms with Crippen LogP contribution in [-0.4, -0.2) is 0 Å². The third-order valence-electron chi connectivity index (χ3n) is 2.18. The quantitative estimate of drug-likeness (QED) is 0.593. The van der Waals surface area contributed by atoms with E-state index in [1.54, 1.807) is 11.3 Å². The van der Waals surface area contributed by atoms with Crippen LogP contribution >= 0.6 is 22.9 Å². The highest BCUT2D eigenvalue weighted by atomic mass is 35.5. The van der Waals surface area contributed by atoms with Gasteiger partial charge in [-0.15, -0.1) is 11.3 Å². The van der Waals surface area contributed by atoms with Crippen LogP contribution in [0.2, 0.25) is 4.34 Å². The third-order valence-corrected chi connectivity index (χ3v) is 3.58. The molecule has 0 nitrogen and oxygen atoms in total. The SMILES string of the molecule is Cc1ccc2cc(Cl)sc2c1C. The lowest BCUT2D eigenvalue weighted by atomic mass is 10.1. The van der Waals surface area contributed by atoms with Gasteiger partial charge in [-0.2, -0.15) is 0 Å². The van der Waals surface area contributed by atoms with Crippen LogP contribution in [0.25, 0.3) is 10.1 Å². The van der Waals surface area contributed by atoms with Crippen molar-refractivity contribution >= 4 is 33.0 Å². The molecule has 0 radical (unpaired) electrons. The molecule has 2 heteroatoms. The predicted molar refractivity (Wildman–Crippen MR) is 56.3 cm³/mol. The average Bonchev–Trinajstić information content (AvgIpc) is 2.39. The fourth-order valence-corrected chi connectivity index (χ4v) is 2.60. The number of aryl methyl sites for hydroxylation is 2. The molecule has 1 heterocycles. The van der Waals surface area contributed by atoms with Crippen LogP contribution in [0.5, 0.6) is 0 Å². The van der Waals surface area contributed by atoms with E-state index in [0.717, 1.165) is 4.34 Å². The lowest BCUT2D eigenvalue weighted by molar-refractivity contribution is 1.39. The zero-order chi connectivity index (χ0) is 8.72. The monoisotopic (exact) mass is 196 g/mol. The van der Waals surface area contributed by atoms with Crippen molar-refractivity contribution in [1.82, 2.24) is 0 Å². The van der Waals surface area contributed by atoms with E-state index in [9.17, 15) is 0 Å². The summed E-state index contributed by atoms with van der Waals surface area (Å²) in [6.45, 7) is 4.27. The summed E-state index contributed by atoms with van der Waals surface area (Å²) in [6.07, 6.45) is 0. The lowest BCUT2D eigenvalue weighted by Gasteiger charge is -1.99. The van der Waals surface area contributed by atoms with Gasteiger partial charge in [0, 0.05) is 4.70 Å². The van der Waals surface area contributed by atoms with Gasteiger partial charge < -0.3 is 0 Å². The molecule has 1 aromatic heterocycles. The molecular formula is C10H9ClS. The van der Waals surface area contributed by atoms with Crippen LogP contribution in [0.1, 0.15) is 11.1 Å². The molecule has 0 aliphatic carbocycles. The Morgan fingerprint density at radius 1 is 1.25 bits per heavy atom. The second-order valence-electron chi connectivity index (χ2n) is 2.98. The van der Waals surface area contributed by atoms with Gasteiger partial charge in [0.1, 0.15) is 0 Å². The average molecular weight is 197 g/mol. The normalized spacial score (nSPS) is 10.9. The Morgan fingerprint density at radius 3 is 2.75 bits per heavy atom. The van der Waals surface area contributed by atoms with Crippen molar-refractivity contribution in [3.63, 3.8) is 0 Å². The molecule has 0 N–H and O–H groups in total. The van der Waals surface area contributed by atoms with E-state index in [-0.39, 0.29) is 0 Å². The van der Waals surface area contributed by atoms with E-state index in [1.807, 2.05) is 6.07 Å². The largest absolute Gasteiger partial charge is 0.123 e. The second-order valence-corrected chi connectivity index (χ2v) is 4.66. The van der Waals surface area contributed by atoms with Gasteiger partial charge in [-0.05, 0) is 36.4 Å². The van der Waals surface area contributed by atoms with Gasteiger partial charge >= 0.3 is 0 Å². The molecular weight excluding hydrogens is 188 g/mol. The number of hydrogen-bond donors (Lipinski definition) is 0. The van der Waals surface area contributed by atoms with Gasteiger partial charge in [0.2, 0.25) is 0 Å². The van der Waals surface area contributed by atoms with Gasteiger partial charge in [-0.1, -0.05) is 23.7 Å². The standard InChI is InChI=1S/C10H9ClS/c1-6-3-4-8-5-9(11)12-10(8)7(6)2/h3-5H,1-2H3. The lowest BCUT2D eigenvalue weighted by Crippen LogP contribution is -1.77. The van der Waals surface area contributed by atoms with Crippen molar-refractivity contribution in [1.29, 1.82) is 0 Å². The number of rotatable bonds is 0. The Bertz CT molecular complexity index is 429. The van der Waals surface area contributed by atoms with E-state index in [2.05, 4.69) is 26.0 Å². The molecule has 2 rings (SSSR count). The fraction of sp³-hybridized carbons (Fsp3) is 0.200. The zero-order valence-corrected chi connectivity index (χ0v) is 8.59. The summed E-state index contributed by atoms with van der Waals surface area (Å²) < 4.78 is 2.19. The van der Waals surface area contributed by atoms with E-state index < -0.39 is 0 Å². The molecule has 2 aromatic rings. The van der Waals surface area contributed by atoms with Crippen molar-refractivity contribution in [2.75, 3.05) is 0 Å². The number of thiophene rings is 1. The van der Waals surface area contributed by atoms with Crippen LogP contribution < -0.4 is 0 Å². The van der Waals surface area contributed by atoms with Crippen LogP contribution in [0.3, 0.4) is 0 Å². The highest BCUT2D eigenvalue weighted by Gasteiger charge is 2.03. The maximum Gasteiger partial charge on any atom is 0.0940 e. The van der Waals surface area contributed by atoms with Crippen molar-refractivity contribution in [2.24, 2.45) is 0 Å². The van der Waals surface area contributed by atoms with Crippen LogP contribution in [0.15, 0.2) is 18.2 Å². The van der Waals surface area contributed by atoms with Crippen LogP contribution in [-0.2, 0) is 0 Å². The maximum atomic E-state index is 5.93. The molecule has 0 aliphatic heterocycles. The number of benzene rings is 1. The molecule has 0 amide bonds.